The Morgan fingerprint density at radius 1 is 1.50 bits per heavy atom. The molecule has 0 bridgehead atoms. The van der Waals surface area contributed by atoms with Gasteiger partial charge in [-0.2, -0.15) is 0 Å². The van der Waals surface area contributed by atoms with Gasteiger partial charge in [0.05, 0.1) is 12.2 Å². The number of benzene rings is 1. The first-order chi connectivity index (χ1) is 8.50. The highest BCUT2D eigenvalue weighted by molar-refractivity contribution is 9.10. The van der Waals surface area contributed by atoms with Gasteiger partial charge in [-0.15, -0.1) is 0 Å². The third kappa shape index (κ3) is 4.97. The first-order valence-electron chi connectivity index (χ1n) is 5.13. The first-order valence-corrected chi connectivity index (χ1v) is 5.92. The van der Waals surface area contributed by atoms with Crippen molar-refractivity contribution in [3.05, 3.63) is 28.2 Å². The molecular formula is C11H12BrF2NO3. The molecule has 0 fully saturated rings. The van der Waals surface area contributed by atoms with Gasteiger partial charge in [0.2, 0.25) is 0 Å². The topological polar surface area (TPSA) is 58.6 Å². The molecule has 0 amide bonds. The van der Waals surface area contributed by atoms with Gasteiger partial charge in [-0.3, -0.25) is 0 Å². The summed E-state index contributed by atoms with van der Waals surface area (Å²) in [5, 5.41) is 11.8. The van der Waals surface area contributed by atoms with Gasteiger partial charge in [-0.25, -0.2) is 13.6 Å². The van der Waals surface area contributed by atoms with Crippen LogP contribution in [0.5, 0.6) is 0 Å². The standard InChI is InChI=1S/C11H12BrF2NO3/c12-7-1-2-9(8(5-7)11(16)17)15-3-4-18-6-10(13)14/h1-2,5,10,15H,3-4,6H2,(H,16,17). The van der Waals surface area contributed by atoms with Crippen molar-refractivity contribution < 1.29 is 23.4 Å². The molecule has 0 aliphatic rings. The summed E-state index contributed by atoms with van der Waals surface area (Å²) in [5.41, 5.74) is 0.532. The van der Waals surface area contributed by atoms with Crippen molar-refractivity contribution in [3.8, 4) is 0 Å². The zero-order valence-corrected chi connectivity index (χ0v) is 10.9. The van der Waals surface area contributed by atoms with E-state index in [0.717, 1.165) is 0 Å². The molecule has 7 heteroatoms. The van der Waals surface area contributed by atoms with Crippen molar-refractivity contribution in [2.24, 2.45) is 0 Å². The SMILES string of the molecule is O=C(O)c1cc(Br)ccc1NCCOCC(F)F. The van der Waals surface area contributed by atoms with Gasteiger partial charge < -0.3 is 15.2 Å². The summed E-state index contributed by atoms with van der Waals surface area (Å²) in [7, 11) is 0. The summed E-state index contributed by atoms with van der Waals surface area (Å²) in [6.07, 6.45) is -2.49. The molecule has 2 N–H and O–H groups in total. The number of carbonyl (C=O) groups is 1. The maximum absolute atomic E-state index is 11.8. The van der Waals surface area contributed by atoms with Crippen LogP contribution in [0.25, 0.3) is 0 Å². The summed E-state index contributed by atoms with van der Waals surface area (Å²) in [4.78, 5) is 11.0. The maximum Gasteiger partial charge on any atom is 0.337 e. The predicted molar refractivity (Wildman–Crippen MR) is 66.4 cm³/mol. The molecule has 4 nitrogen and oxygen atoms in total. The quantitative estimate of drug-likeness (QED) is 0.757. The second-order valence-electron chi connectivity index (χ2n) is 3.39. The van der Waals surface area contributed by atoms with Crippen molar-refractivity contribution in [3.63, 3.8) is 0 Å². The van der Waals surface area contributed by atoms with Crippen molar-refractivity contribution in [2.45, 2.75) is 6.43 Å². The number of hydrogen-bond donors (Lipinski definition) is 2. The van der Waals surface area contributed by atoms with E-state index < -0.39 is 19.0 Å². The van der Waals surface area contributed by atoms with Gasteiger partial charge >= 0.3 is 5.97 Å². The van der Waals surface area contributed by atoms with Crippen LogP contribution >= 0.6 is 15.9 Å². The van der Waals surface area contributed by atoms with Crippen LogP contribution in [0, 0.1) is 0 Å². The smallest absolute Gasteiger partial charge is 0.337 e. The van der Waals surface area contributed by atoms with Crippen molar-refractivity contribution in [1.29, 1.82) is 0 Å². The third-order valence-corrected chi connectivity index (χ3v) is 2.51. The van der Waals surface area contributed by atoms with Crippen LogP contribution in [-0.4, -0.2) is 37.3 Å². The van der Waals surface area contributed by atoms with Crippen molar-refractivity contribution >= 4 is 27.6 Å². The molecule has 0 heterocycles. The van der Waals surface area contributed by atoms with Gasteiger partial charge in [0.1, 0.15) is 6.61 Å². The lowest BCUT2D eigenvalue weighted by Gasteiger charge is -2.10. The number of carboxylic acid groups (broad SMARTS) is 1. The molecule has 0 unspecified atom stereocenters. The van der Waals surface area contributed by atoms with E-state index in [2.05, 4.69) is 26.0 Å². The molecule has 0 spiro atoms. The second kappa shape index (κ2) is 7.27. The Labute approximate surface area is 111 Å². The van der Waals surface area contributed by atoms with Crippen LogP contribution in [0.15, 0.2) is 22.7 Å². The van der Waals surface area contributed by atoms with Crippen LogP contribution in [-0.2, 0) is 4.74 Å². The predicted octanol–water partition coefficient (Wildman–Crippen LogP) is 2.84. The minimum atomic E-state index is -2.49. The highest BCUT2D eigenvalue weighted by Gasteiger charge is 2.10. The molecule has 1 rings (SSSR count). The molecule has 0 radical (unpaired) electrons. The van der Waals surface area contributed by atoms with Gasteiger partial charge in [0.25, 0.3) is 6.43 Å². The lowest BCUT2D eigenvalue weighted by atomic mass is 10.2. The normalized spacial score (nSPS) is 10.7. The van der Waals surface area contributed by atoms with Crippen LogP contribution in [0.1, 0.15) is 10.4 Å². The summed E-state index contributed by atoms with van der Waals surface area (Å²) in [5.74, 6) is -1.06. The van der Waals surface area contributed by atoms with E-state index in [0.29, 0.717) is 10.2 Å². The molecule has 0 aliphatic carbocycles. The van der Waals surface area contributed by atoms with Gasteiger partial charge in [-0.1, -0.05) is 15.9 Å². The molecule has 0 saturated carbocycles. The number of anilines is 1. The fraction of sp³-hybridized carbons (Fsp3) is 0.364. The van der Waals surface area contributed by atoms with Crippen LogP contribution in [0.3, 0.4) is 0 Å². The Balaban J connectivity index is 2.49. The summed E-state index contributed by atoms with van der Waals surface area (Å²) < 4.78 is 28.9. The number of nitrogens with one attached hydrogen (secondary N) is 1. The van der Waals surface area contributed by atoms with Crippen molar-refractivity contribution in [2.75, 3.05) is 25.1 Å². The fourth-order valence-electron chi connectivity index (χ4n) is 1.28. The van der Waals surface area contributed by atoms with Crippen LogP contribution < -0.4 is 5.32 Å². The molecule has 1 aromatic rings. The number of halogens is 3. The van der Waals surface area contributed by atoms with E-state index in [-0.39, 0.29) is 18.7 Å². The molecule has 1 aromatic carbocycles. The average Bonchev–Trinajstić information content (AvgIpc) is 2.29. The van der Waals surface area contributed by atoms with E-state index >= 15 is 0 Å². The molecule has 0 aromatic heterocycles. The number of ether oxygens (including phenoxy) is 1. The van der Waals surface area contributed by atoms with Crippen LogP contribution in [0.2, 0.25) is 0 Å². The summed E-state index contributed by atoms with van der Waals surface area (Å²) >= 11 is 3.17. The molecule has 100 valence electrons. The van der Waals surface area contributed by atoms with Crippen molar-refractivity contribution in [1.82, 2.24) is 0 Å². The molecule has 0 saturated heterocycles. The Hall–Kier alpha value is -1.21. The number of aromatic carboxylic acids is 1. The largest absolute Gasteiger partial charge is 0.478 e. The highest BCUT2D eigenvalue weighted by Crippen LogP contribution is 2.20. The average molecular weight is 324 g/mol. The molecular weight excluding hydrogens is 312 g/mol. The zero-order valence-electron chi connectivity index (χ0n) is 9.33. The third-order valence-electron chi connectivity index (χ3n) is 2.02. The fourth-order valence-corrected chi connectivity index (χ4v) is 1.64. The van der Waals surface area contributed by atoms with E-state index in [1.54, 1.807) is 12.1 Å². The number of rotatable bonds is 7. The lowest BCUT2D eigenvalue weighted by Crippen LogP contribution is -2.14. The van der Waals surface area contributed by atoms with E-state index in [9.17, 15) is 13.6 Å². The Morgan fingerprint density at radius 2 is 2.22 bits per heavy atom. The van der Waals surface area contributed by atoms with E-state index in [1.165, 1.54) is 6.07 Å². The first kappa shape index (κ1) is 14.8. The Kier molecular flexibility index (Phi) is 6.00. The monoisotopic (exact) mass is 323 g/mol. The summed E-state index contributed by atoms with van der Waals surface area (Å²) in [6, 6.07) is 4.75. The van der Waals surface area contributed by atoms with Gasteiger partial charge in [0.15, 0.2) is 0 Å². The minimum absolute atomic E-state index is 0.0828. The number of hydrogen-bond acceptors (Lipinski definition) is 3. The molecule has 0 aliphatic heterocycles. The van der Waals surface area contributed by atoms with E-state index in [1.807, 2.05) is 0 Å². The Bertz CT molecular complexity index is 415. The van der Waals surface area contributed by atoms with Crippen LogP contribution in [0.4, 0.5) is 14.5 Å². The highest BCUT2D eigenvalue weighted by atomic mass is 79.9. The summed E-state index contributed by atoms with van der Waals surface area (Å²) in [6.45, 7) is -0.276. The Morgan fingerprint density at radius 3 is 2.83 bits per heavy atom. The zero-order chi connectivity index (χ0) is 13.5. The van der Waals surface area contributed by atoms with Gasteiger partial charge in [-0.05, 0) is 18.2 Å². The minimum Gasteiger partial charge on any atom is -0.478 e. The second-order valence-corrected chi connectivity index (χ2v) is 4.30. The molecule has 0 atom stereocenters. The lowest BCUT2D eigenvalue weighted by molar-refractivity contribution is 0.0215. The number of carboxylic acids is 1. The van der Waals surface area contributed by atoms with Gasteiger partial charge in [0, 0.05) is 16.7 Å². The maximum atomic E-state index is 11.8. The number of alkyl halides is 2. The van der Waals surface area contributed by atoms with E-state index in [4.69, 9.17) is 5.11 Å². The molecule has 18 heavy (non-hydrogen) atoms.